The highest BCUT2D eigenvalue weighted by atomic mass is 79.9. The molecule has 18 heavy (non-hydrogen) atoms. The lowest BCUT2D eigenvalue weighted by molar-refractivity contribution is 0.607. The van der Waals surface area contributed by atoms with Crippen LogP contribution < -0.4 is 0 Å². The highest BCUT2D eigenvalue weighted by molar-refractivity contribution is 9.09. The van der Waals surface area contributed by atoms with E-state index in [1.165, 1.54) is 6.07 Å². The number of alkyl halides is 1. The molecule has 0 nitrogen and oxygen atoms in total. The van der Waals surface area contributed by atoms with Gasteiger partial charge in [0.25, 0.3) is 0 Å². The van der Waals surface area contributed by atoms with Gasteiger partial charge in [0.1, 0.15) is 5.82 Å². The zero-order valence-electron chi connectivity index (χ0n) is 9.96. The van der Waals surface area contributed by atoms with Crippen molar-refractivity contribution < 1.29 is 4.39 Å². The van der Waals surface area contributed by atoms with Gasteiger partial charge in [-0.3, -0.25) is 0 Å². The van der Waals surface area contributed by atoms with E-state index in [2.05, 4.69) is 15.9 Å². The molecule has 2 aromatic rings. The van der Waals surface area contributed by atoms with Gasteiger partial charge in [0, 0.05) is 15.4 Å². The van der Waals surface area contributed by atoms with Crippen molar-refractivity contribution in [2.75, 3.05) is 0 Å². The van der Waals surface area contributed by atoms with Crippen molar-refractivity contribution >= 4 is 27.5 Å². The van der Waals surface area contributed by atoms with Crippen LogP contribution >= 0.6 is 27.5 Å². The van der Waals surface area contributed by atoms with Gasteiger partial charge < -0.3 is 0 Å². The van der Waals surface area contributed by atoms with Gasteiger partial charge in [0.15, 0.2) is 0 Å². The van der Waals surface area contributed by atoms with Crippen LogP contribution in [0, 0.1) is 12.7 Å². The van der Waals surface area contributed by atoms with E-state index in [4.69, 9.17) is 11.6 Å². The zero-order valence-corrected chi connectivity index (χ0v) is 12.3. The third-order valence-corrected chi connectivity index (χ3v) is 3.84. The minimum absolute atomic E-state index is 0.0455. The van der Waals surface area contributed by atoms with Crippen molar-refractivity contribution in [2.45, 2.75) is 18.2 Å². The Bertz CT molecular complexity index is 554. The van der Waals surface area contributed by atoms with Crippen molar-refractivity contribution in [1.82, 2.24) is 0 Å². The molecule has 94 valence electrons. The highest BCUT2D eigenvalue weighted by Gasteiger charge is 2.13. The number of hydrogen-bond acceptors (Lipinski definition) is 0. The van der Waals surface area contributed by atoms with Crippen LogP contribution in [0.5, 0.6) is 0 Å². The molecule has 0 saturated carbocycles. The van der Waals surface area contributed by atoms with E-state index >= 15 is 0 Å². The van der Waals surface area contributed by atoms with Crippen LogP contribution in [0.3, 0.4) is 0 Å². The van der Waals surface area contributed by atoms with Crippen LogP contribution in [0.15, 0.2) is 42.5 Å². The predicted molar refractivity (Wildman–Crippen MR) is 78.0 cm³/mol. The predicted octanol–water partition coefficient (Wildman–Crippen LogP) is 5.47. The van der Waals surface area contributed by atoms with Gasteiger partial charge in [0.2, 0.25) is 0 Å². The van der Waals surface area contributed by atoms with E-state index in [-0.39, 0.29) is 10.6 Å². The van der Waals surface area contributed by atoms with Crippen LogP contribution in [-0.4, -0.2) is 0 Å². The second-order valence-electron chi connectivity index (χ2n) is 4.33. The first kappa shape index (κ1) is 13.6. The molecule has 0 radical (unpaired) electrons. The Kier molecular flexibility index (Phi) is 4.41. The number of benzene rings is 2. The lowest BCUT2D eigenvalue weighted by Gasteiger charge is -2.12. The normalized spacial score (nSPS) is 12.4. The van der Waals surface area contributed by atoms with E-state index in [0.717, 1.165) is 11.1 Å². The van der Waals surface area contributed by atoms with E-state index in [9.17, 15) is 4.39 Å². The van der Waals surface area contributed by atoms with E-state index in [1.807, 2.05) is 37.3 Å². The van der Waals surface area contributed by atoms with E-state index < -0.39 is 0 Å². The number of halogens is 3. The Labute approximate surface area is 120 Å². The van der Waals surface area contributed by atoms with E-state index in [1.54, 1.807) is 6.07 Å². The second kappa shape index (κ2) is 5.85. The van der Waals surface area contributed by atoms with Crippen molar-refractivity contribution in [1.29, 1.82) is 0 Å². The average molecular weight is 328 g/mol. The number of hydrogen-bond donors (Lipinski definition) is 0. The molecule has 0 aliphatic rings. The van der Waals surface area contributed by atoms with Gasteiger partial charge in [-0.15, -0.1) is 0 Å². The van der Waals surface area contributed by atoms with Crippen molar-refractivity contribution in [3.63, 3.8) is 0 Å². The summed E-state index contributed by atoms with van der Waals surface area (Å²) in [6, 6.07) is 12.8. The molecule has 0 aliphatic heterocycles. The molecule has 1 atom stereocenters. The number of aryl methyl sites for hydroxylation is 1. The Morgan fingerprint density at radius 2 is 2.00 bits per heavy atom. The van der Waals surface area contributed by atoms with Gasteiger partial charge in [-0.25, -0.2) is 4.39 Å². The lowest BCUT2D eigenvalue weighted by Crippen LogP contribution is -1.99. The maximum atomic E-state index is 13.7. The average Bonchev–Trinajstić information content (AvgIpc) is 2.32. The van der Waals surface area contributed by atoms with Gasteiger partial charge in [-0.2, -0.15) is 0 Å². The molecule has 0 aromatic heterocycles. The van der Waals surface area contributed by atoms with Crippen LogP contribution in [0.2, 0.25) is 5.02 Å². The third-order valence-electron chi connectivity index (χ3n) is 2.79. The van der Waals surface area contributed by atoms with Crippen LogP contribution in [0.4, 0.5) is 4.39 Å². The van der Waals surface area contributed by atoms with E-state index in [0.29, 0.717) is 17.0 Å². The molecule has 0 saturated heterocycles. The molecule has 1 unspecified atom stereocenters. The summed E-state index contributed by atoms with van der Waals surface area (Å²) in [6.45, 7) is 1.96. The number of rotatable bonds is 3. The van der Waals surface area contributed by atoms with Gasteiger partial charge in [0.05, 0.1) is 0 Å². The largest absolute Gasteiger partial charge is 0.207 e. The molecule has 3 heteroatoms. The standard InChI is InChI=1S/C15H13BrClF/c1-10-5-6-15(18)13(7-10)14(16)9-11-3-2-4-12(17)8-11/h2-8,14H,9H2,1H3. The Balaban J connectivity index is 2.21. The second-order valence-corrected chi connectivity index (χ2v) is 5.87. The SMILES string of the molecule is Cc1ccc(F)c(C(Br)Cc2cccc(Cl)c2)c1. The molecule has 0 fully saturated rings. The molecule has 0 heterocycles. The van der Waals surface area contributed by atoms with Crippen molar-refractivity contribution in [2.24, 2.45) is 0 Å². The first-order valence-corrected chi connectivity index (χ1v) is 7.00. The van der Waals surface area contributed by atoms with Crippen molar-refractivity contribution in [3.05, 3.63) is 70.0 Å². The fraction of sp³-hybridized carbons (Fsp3) is 0.200. The molecule has 0 bridgehead atoms. The summed E-state index contributed by atoms with van der Waals surface area (Å²) >= 11 is 9.49. The summed E-state index contributed by atoms with van der Waals surface area (Å²) in [5, 5.41) is 0.705. The first-order chi connectivity index (χ1) is 8.56. The summed E-state index contributed by atoms with van der Waals surface area (Å²) < 4.78 is 13.7. The van der Waals surface area contributed by atoms with Crippen LogP contribution in [0.1, 0.15) is 21.5 Å². The Morgan fingerprint density at radius 1 is 1.22 bits per heavy atom. The quantitative estimate of drug-likeness (QED) is 0.656. The molecule has 0 amide bonds. The summed E-state index contributed by atoms with van der Waals surface area (Å²) in [7, 11) is 0. The molecule has 0 N–H and O–H groups in total. The van der Waals surface area contributed by atoms with Gasteiger partial charge in [-0.1, -0.05) is 57.4 Å². The fourth-order valence-corrected chi connectivity index (χ4v) is 2.82. The molecule has 2 rings (SSSR count). The maximum Gasteiger partial charge on any atom is 0.127 e. The molecule has 0 aliphatic carbocycles. The van der Waals surface area contributed by atoms with Crippen LogP contribution in [-0.2, 0) is 6.42 Å². The third kappa shape index (κ3) is 3.33. The summed E-state index contributed by atoms with van der Waals surface area (Å²) in [6.07, 6.45) is 0.709. The summed E-state index contributed by atoms with van der Waals surface area (Å²) in [5.74, 6) is -0.176. The minimum atomic E-state index is -0.176. The summed E-state index contributed by atoms with van der Waals surface area (Å²) in [4.78, 5) is -0.0455. The fourth-order valence-electron chi connectivity index (χ4n) is 1.88. The zero-order chi connectivity index (χ0) is 13.1. The minimum Gasteiger partial charge on any atom is -0.207 e. The smallest absolute Gasteiger partial charge is 0.127 e. The van der Waals surface area contributed by atoms with Crippen molar-refractivity contribution in [3.8, 4) is 0 Å². The van der Waals surface area contributed by atoms with Gasteiger partial charge >= 0.3 is 0 Å². The van der Waals surface area contributed by atoms with Crippen LogP contribution in [0.25, 0.3) is 0 Å². The monoisotopic (exact) mass is 326 g/mol. The lowest BCUT2D eigenvalue weighted by atomic mass is 10.0. The molecule has 0 spiro atoms. The Morgan fingerprint density at radius 3 is 2.72 bits per heavy atom. The first-order valence-electron chi connectivity index (χ1n) is 5.71. The molecule has 2 aromatic carbocycles. The summed E-state index contributed by atoms with van der Waals surface area (Å²) in [5.41, 5.74) is 2.84. The Hall–Kier alpha value is -0.860. The topological polar surface area (TPSA) is 0 Å². The van der Waals surface area contributed by atoms with Gasteiger partial charge in [-0.05, 0) is 37.1 Å². The molecular formula is C15H13BrClF. The molecular weight excluding hydrogens is 315 g/mol. The maximum absolute atomic E-state index is 13.7. The highest BCUT2D eigenvalue weighted by Crippen LogP contribution is 2.30.